The second-order valence-corrected chi connectivity index (χ2v) is 4.00. The molecule has 0 unspecified atom stereocenters. The summed E-state index contributed by atoms with van der Waals surface area (Å²) in [5.74, 6) is 0.0994. The summed E-state index contributed by atoms with van der Waals surface area (Å²) in [6, 6.07) is 0.337. The highest BCUT2D eigenvalue weighted by molar-refractivity contribution is 5.76. The molecule has 0 saturated carbocycles. The van der Waals surface area contributed by atoms with Crippen molar-refractivity contribution in [2.45, 2.75) is 31.8 Å². The van der Waals surface area contributed by atoms with Gasteiger partial charge in [-0.25, -0.2) is 4.98 Å². The van der Waals surface area contributed by atoms with E-state index in [4.69, 9.17) is 0 Å². The molecule has 1 fully saturated rings. The van der Waals surface area contributed by atoms with Crippen LogP contribution in [0.1, 0.15) is 19.3 Å². The van der Waals surface area contributed by atoms with Crippen LogP contribution in [0.5, 0.6) is 0 Å². The van der Waals surface area contributed by atoms with Gasteiger partial charge in [0.2, 0.25) is 5.91 Å². The zero-order valence-electron chi connectivity index (χ0n) is 9.22. The summed E-state index contributed by atoms with van der Waals surface area (Å²) in [5.41, 5.74) is 0. The minimum absolute atomic E-state index is 0.0994. The Balaban J connectivity index is 1.67. The average Bonchev–Trinajstić information content (AvgIpc) is 2.81. The Labute approximate surface area is 94.4 Å². The molecule has 2 rings (SSSR count). The van der Waals surface area contributed by atoms with Gasteiger partial charge < -0.3 is 10.6 Å². The quantitative estimate of drug-likeness (QED) is 0.724. The largest absolute Gasteiger partial charge is 0.353 e. The van der Waals surface area contributed by atoms with Crippen LogP contribution in [0.3, 0.4) is 0 Å². The van der Waals surface area contributed by atoms with Crippen LogP contribution in [0.2, 0.25) is 0 Å². The number of carbonyl (C=O) groups is 1. The first-order chi connectivity index (χ1) is 7.84. The zero-order chi connectivity index (χ0) is 11.2. The van der Waals surface area contributed by atoms with Crippen LogP contribution in [0.4, 0.5) is 0 Å². The molecule has 0 radical (unpaired) electrons. The fraction of sp³-hybridized carbons (Fsp3) is 0.700. The third kappa shape index (κ3) is 3.30. The van der Waals surface area contributed by atoms with Gasteiger partial charge >= 0.3 is 0 Å². The minimum Gasteiger partial charge on any atom is -0.353 e. The van der Waals surface area contributed by atoms with Crippen LogP contribution in [-0.4, -0.2) is 39.8 Å². The Morgan fingerprint density at radius 2 is 2.31 bits per heavy atom. The maximum atomic E-state index is 11.6. The van der Waals surface area contributed by atoms with E-state index in [0.717, 1.165) is 25.9 Å². The van der Waals surface area contributed by atoms with Gasteiger partial charge in [-0.1, -0.05) is 0 Å². The van der Waals surface area contributed by atoms with E-state index in [1.807, 2.05) is 0 Å². The molecule has 0 aromatic carbocycles. The molecule has 1 aromatic heterocycles. The van der Waals surface area contributed by atoms with E-state index in [0.29, 0.717) is 19.0 Å². The van der Waals surface area contributed by atoms with Crippen molar-refractivity contribution in [3.05, 3.63) is 12.7 Å². The molecule has 2 heterocycles. The number of piperidine rings is 1. The molecule has 1 aliphatic heterocycles. The van der Waals surface area contributed by atoms with Gasteiger partial charge in [0.25, 0.3) is 0 Å². The van der Waals surface area contributed by atoms with Crippen LogP contribution in [0.25, 0.3) is 0 Å². The number of hydrogen-bond acceptors (Lipinski definition) is 4. The first-order valence-corrected chi connectivity index (χ1v) is 5.67. The summed E-state index contributed by atoms with van der Waals surface area (Å²) in [7, 11) is 0. The fourth-order valence-electron chi connectivity index (χ4n) is 1.83. The number of rotatable bonds is 4. The Morgan fingerprint density at radius 3 is 3.00 bits per heavy atom. The maximum absolute atomic E-state index is 11.6. The number of hydrogen-bond donors (Lipinski definition) is 2. The lowest BCUT2D eigenvalue weighted by molar-refractivity contribution is -0.122. The van der Waals surface area contributed by atoms with Crippen LogP contribution in [-0.2, 0) is 11.3 Å². The standard InChI is InChI=1S/C10H17N5O/c16-10(3-6-15-8-12-7-13-15)14-9-1-4-11-5-2-9/h7-9,11H,1-6H2,(H,14,16). The SMILES string of the molecule is O=C(CCn1cncn1)NC1CCNCC1. The third-order valence-corrected chi connectivity index (χ3v) is 2.74. The van der Waals surface area contributed by atoms with Crippen molar-refractivity contribution in [2.24, 2.45) is 0 Å². The smallest absolute Gasteiger partial charge is 0.222 e. The van der Waals surface area contributed by atoms with E-state index in [2.05, 4.69) is 20.7 Å². The second-order valence-electron chi connectivity index (χ2n) is 4.00. The molecule has 88 valence electrons. The average molecular weight is 223 g/mol. The van der Waals surface area contributed by atoms with Crippen molar-refractivity contribution in [3.63, 3.8) is 0 Å². The van der Waals surface area contributed by atoms with Gasteiger partial charge in [0.05, 0.1) is 6.54 Å². The van der Waals surface area contributed by atoms with Crippen LogP contribution in [0, 0.1) is 0 Å². The van der Waals surface area contributed by atoms with Gasteiger partial charge in [0.15, 0.2) is 0 Å². The van der Waals surface area contributed by atoms with E-state index < -0.39 is 0 Å². The summed E-state index contributed by atoms with van der Waals surface area (Å²) in [4.78, 5) is 15.4. The molecule has 0 bridgehead atoms. The van der Waals surface area contributed by atoms with Gasteiger partial charge in [-0.2, -0.15) is 5.10 Å². The second kappa shape index (κ2) is 5.60. The third-order valence-electron chi connectivity index (χ3n) is 2.74. The molecule has 1 aromatic rings. The van der Waals surface area contributed by atoms with E-state index >= 15 is 0 Å². The molecular formula is C10H17N5O. The molecule has 1 aliphatic rings. The Bertz CT molecular complexity index is 318. The summed E-state index contributed by atoms with van der Waals surface area (Å²) in [5, 5.41) is 10.3. The van der Waals surface area contributed by atoms with Crippen molar-refractivity contribution in [2.75, 3.05) is 13.1 Å². The normalized spacial score (nSPS) is 17.2. The van der Waals surface area contributed by atoms with Gasteiger partial charge in [-0.15, -0.1) is 0 Å². The van der Waals surface area contributed by atoms with E-state index in [1.54, 1.807) is 11.0 Å². The first kappa shape index (κ1) is 11.1. The summed E-state index contributed by atoms with van der Waals surface area (Å²) in [6.45, 7) is 2.58. The molecule has 1 saturated heterocycles. The number of carbonyl (C=O) groups excluding carboxylic acids is 1. The Hall–Kier alpha value is -1.43. The molecule has 16 heavy (non-hydrogen) atoms. The van der Waals surface area contributed by atoms with E-state index in [1.165, 1.54) is 6.33 Å². The lowest BCUT2D eigenvalue weighted by Gasteiger charge is -2.23. The maximum Gasteiger partial charge on any atom is 0.222 e. The first-order valence-electron chi connectivity index (χ1n) is 5.67. The molecule has 2 N–H and O–H groups in total. The Morgan fingerprint density at radius 1 is 1.50 bits per heavy atom. The molecule has 6 heteroatoms. The Kier molecular flexibility index (Phi) is 3.87. The van der Waals surface area contributed by atoms with Gasteiger partial charge in [0, 0.05) is 12.5 Å². The predicted octanol–water partition coefficient (Wildman–Crippen LogP) is -0.464. The van der Waals surface area contributed by atoms with Crippen molar-refractivity contribution >= 4 is 5.91 Å². The van der Waals surface area contributed by atoms with Crippen molar-refractivity contribution in [1.82, 2.24) is 25.4 Å². The van der Waals surface area contributed by atoms with Gasteiger partial charge in [-0.05, 0) is 25.9 Å². The summed E-state index contributed by atoms with van der Waals surface area (Å²) < 4.78 is 1.67. The monoisotopic (exact) mass is 223 g/mol. The van der Waals surface area contributed by atoms with Crippen LogP contribution >= 0.6 is 0 Å². The number of nitrogens with one attached hydrogen (secondary N) is 2. The molecule has 0 atom stereocenters. The highest BCUT2D eigenvalue weighted by Crippen LogP contribution is 2.02. The van der Waals surface area contributed by atoms with Gasteiger partial charge in [0.1, 0.15) is 12.7 Å². The highest BCUT2D eigenvalue weighted by Gasteiger charge is 2.14. The van der Waals surface area contributed by atoms with Crippen molar-refractivity contribution < 1.29 is 4.79 Å². The fourth-order valence-corrected chi connectivity index (χ4v) is 1.83. The van der Waals surface area contributed by atoms with E-state index in [9.17, 15) is 4.79 Å². The number of aryl methyl sites for hydroxylation is 1. The molecule has 1 amide bonds. The summed E-state index contributed by atoms with van der Waals surface area (Å²) >= 11 is 0. The summed E-state index contributed by atoms with van der Waals surface area (Å²) in [6.07, 6.45) is 5.61. The van der Waals surface area contributed by atoms with Crippen LogP contribution in [0.15, 0.2) is 12.7 Å². The molecule has 6 nitrogen and oxygen atoms in total. The lowest BCUT2D eigenvalue weighted by atomic mass is 10.1. The topological polar surface area (TPSA) is 71.8 Å². The number of aromatic nitrogens is 3. The van der Waals surface area contributed by atoms with Crippen LogP contribution < -0.4 is 10.6 Å². The van der Waals surface area contributed by atoms with Crippen molar-refractivity contribution in [3.8, 4) is 0 Å². The van der Waals surface area contributed by atoms with Gasteiger partial charge in [-0.3, -0.25) is 9.48 Å². The predicted molar refractivity (Wildman–Crippen MR) is 58.7 cm³/mol. The molecule has 0 spiro atoms. The van der Waals surface area contributed by atoms with Crippen molar-refractivity contribution in [1.29, 1.82) is 0 Å². The minimum atomic E-state index is 0.0994. The zero-order valence-corrected chi connectivity index (χ0v) is 9.22. The molecule has 0 aliphatic carbocycles. The molecular weight excluding hydrogens is 206 g/mol. The number of amides is 1. The van der Waals surface area contributed by atoms with E-state index in [-0.39, 0.29) is 5.91 Å². The highest BCUT2D eigenvalue weighted by atomic mass is 16.1. The lowest BCUT2D eigenvalue weighted by Crippen LogP contribution is -2.42. The number of nitrogens with zero attached hydrogens (tertiary/aromatic N) is 3.